The molecule has 0 N–H and O–H groups in total. The molecule has 0 saturated heterocycles. The molecule has 1 aliphatic rings. The van der Waals surface area contributed by atoms with E-state index in [1.54, 1.807) is 0 Å². The lowest BCUT2D eigenvalue weighted by atomic mass is 9.84. The first-order chi connectivity index (χ1) is 14.0. The Labute approximate surface area is 185 Å². The molecule has 0 aromatic carbocycles. The van der Waals surface area contributed by atoms with Gasteiger partial charge in [-0.15, -0.1) is 0 Å². The second kappa shape index (κ2) is 13.4. The third-order valence-electron chi connectivity index (χ3n) is 5.70. The molecule has 0 aromatic heterocycles. The molecular weight excluding hydrogens is 376 g/mol. The van der Waals surface area contributed by atoms with Gasteiger partial charge in [0, 0.05) is 6.42 Å². The van der Waals surface area contributed by atoms with Crippen LogP contribution >= 0.6 is 0 Å². The summed E-state index contributed by atoms with van der Waals surface area (Å²) in [7, 11) is 0. The third-order valence-corrected chi connectivity index (χ3v) is 5.70. The smallest absolute Gasteiger partial charge is 0.309 e. The van der Waals surface area contributed by atoms with Crippen LogP contribution in [0, 0.1) is 11.8 Å². The van der Waals surface area contributed by atoms with Crippen molar-refractivity contribution in [3.63, 3.8) is 0 Å². The van der Waals surface area contributed by atoms with E-state index in [4.69, 9.17) is 9.47 Å². The van der Waals surface area contributed by atoms with Crippen LogP contribution in [-0.4, -0.2) is 23.1 Å². The van der Waals surface area contributed by atoms with Gasteiger partial charge in [-0.05, 0) is 60.3 Å². The Kier molecular flexibility index (Phi) is 12.0. The highest BCUT2D eigenvalue weighted by Crippen LogP contribution is 2.30. The number of rotatable bonds is 6. The summed E-state index contributed by atoms with van der Waals surface area (Å²) in [4.78, 5) is 25.2. The zero-order chi connectivity index (χ0) is 22.6. The van der Waals surface area contributed by atoms with Crippen LogP contribution in [0.15, 0.2) is 0 Å². The molecule has 0 radical (unpaired) electrons. The minimum absolute atomic E-state index is 0.155. The number of hydrogen-bond acceptors (Lipinski definition) is 4. The van der Waals surface area contributed by atoms with E-state index in [9.17, 15) is 9.59 Å². The average Bonchev–Trinajstić information content (AvgIpc) is 2.57. The van der Waals surface area contributed by atoms with E-state index in [0.29, 0.717) is 12.3 Å². The second-order valence-corrected chi connectivity index (χ2v) is 11.2. The molecule has 0 aromatic rings. The van der Waals surface area contributed by atoms with Crippen molar-refractivity contribution >= 4 is 11.9 Å². The summed E-state index contributed by atoms with van der Waals surface area (Å²) in [6, 6.07) is 0. The summed E-state index contributed by atoms with van der Waals surface area (Å²) in [5.41, 5.74) is -1.00. The molecule has 0 heterocycles. The molecule has 1 saturated carbocycles. The summed E-state index contributed by atoms with van der Waals surface area (Å²) < 4.78 is 11.2. The fraction of sp³-hybridized carbons (Fsp3) is 0.923. The Morgan fingerprint density at radius 3 is 1.60 bits per heavy atom. The summed E-state index contributed by atoms with van der Waals surface area (Å²) in [6.45, 7) is 11.4. The summed E-state index contributed by atoms with van der Waals surface area (Å²) in [5, 5.41) is 0. The minimum Gasteiger partial charge on any atom is -0.460 e. The highest BCUT2D eigenvalue weighted by molar-refractivity contribution is 5.75. The Balaban J connectivity index is 2.74. The van der Waals surface area contributed by atoms with Crippen molar-refractivity contribution in [3.05, 3.63) is 0 Å². The van der Waals surface area contributed by atoms with E-state index in [2.05, 4.69) is 0 Å². The van der Waals surface area contributed by atoms with Crippen LogP contribution in [0.5, 0.6) is 0 Å². The topological polar surface area (TPSA) is 52.6 Å². The fourth-order valence-electron chi connectivity index (χ4n) is 4.29. The lowest BCUT2D eigenvalue weighted by molar-refractivity contribution is -0.162. The van der Waals surface area contributed by atoms with Crippen LogP contribution in [0.2, 0.25) is 0 Å². The van der Waals surface area contributed by atoms with Crippen LogP contribution in [0.3, 0.4) is 0 Å². The number of carbonyl (C=O) groups excluding carboxylic acids is 2. The number of hydrogen-bond donors (Lipinski definition) is 0. The normalized spacial score (nSPS) is 19.3. The lowest BCUT2D eigenvalue weighted by Crippen LogP contribution is -2.31. The van der Waals surface area contributed by atoms with Gasteiger partial charge in [-0.2, -0.15) is 0 Å². The molecule has 0 bridgehead atoms. The van der Waals surface area contributed by atoms with Crippen LogP contribution in [-0.2, 0) is 19.1 Å². The average molecular weight is 425 g/mol. The molecule has 0 amide bonds. The largest absolute Gasteiger partial charge is 0.460 e. The van der Waals surface area contributed by atoms with Gasteiger partial charge < -0.3 is 9.47 Å². The van der Waals surface area contributed by atoms with Gasteiger partial charge in [-0.25, -0.2) is 0 Å². The van der Waals surface area contributed by atoms with Crippen LogP contribution in [0.4, 0.5) is 0 Å². The van der Waals surface area contributed by atoms with E-state index in [-0.39, 0.29) is 24.3 Å². The van der Waals surface area contributed by atoms with Crippen LogP contribution in [0.1, 0.15) is 131 Å². The van der Waals surface area contributed by atoms with Gasteiger partial charge >= 0.3 is 11.9 Å². The molecule has 0 aliphatic heterocycles. The van der Waals surface area contributed by atoms with Gasteiger partial charge in [-0.1, -0.05) is 70.6 Å². The first kappa shape index (κ1) is 27.0. The fourth-order valence-corrected chi connectivity index (χ4v) is 4.29. The van der Waals surface area contributed by atoms with Gasteiger partial charge in [-0.3, -0.25) is 9.59 Å². The van der Waals surface area contributed by atoms with Gasteiger partial charge in [0.2, 0.25) is 0 Å². The Hall–Kier alpha value is -1.06. The van der Waals surface area contributed by atoms with Crippen molar-refractivity contribution in [3.8, 4) is 0 Å². The number of esters is 2. The maximum Gasteiger partial charge on any atom is 0.309 e. The summed E-state index contributed by atoms with van der Waals surface area (Å²) in [6.07, 6.45) is 15.9. The van der Waals surface area contributed by atoms with Crippen molar-refractivity contribution < 1.29 is 19.1 Å². The molecule has 30 heavy (non-hydrogen) atoms. The first-order valence-electron chi connectivity index (χ1n) is 12.4. The molecule has 0 spiro atoms. The second-order valence-electron chi connectivity index (χ2n) is 11.2. The molecule has 4 heteroatoms. The van der Waals surface area contributed by atoms with Gasteiger partial charge in [0.05, 0.1) is 5.92 Å². The molecule has 4 nitrogen and oxygen atoms in total. The Morgan fingerprint density at radius 2 is 1.17 bits per heavy atom. The quantitative estimate of drug-likeness (QED) is 0.417. The predicted octanol–water partition coefficient (Wildman–Crippen LogP) is 7.38. The molecule has 1 rings (SSSR count). The van der Waals surface area contributed by atoms with Crippen molar-refractivity contribution in [2.24, 2.45) is 11.8 Å². The van der Waals surface area contributed by atoms with E-state index < -0.39 is 11.2 Å². The maximum absolute atomic E-state index is 12.9. The molecule has 1 atom stereocenters. The van der Waals surface area contributed by atoms with Crippen molar-refractivity contribution in [1.29, 1.82) is 0 Å². The zero-order valence-electron chi connectivity index (χ0n) is 20.7. The number of carbonyl (C=O) groups is 2. The molecule has 176 valence electrons. The predicted molar refractivity (Wildman–Crippen MR) is 123 cm³/mol. The van der Waals surface area contributed by atoms with E-state index in [1.807, 2.05) is 41.5 Å². The van der Waals surface area contributed by atoms with Crippen molar-refractivity contribution in [2.75, 3.05) is 0 Å². The third kappa shape index (κ3) is 14.0. The molecule has 1 unspecified atom stereocenters. The maximum atomic E-state index is 12.9. The minimum atomic E-state index is -0.506. The van der Waals surface area contributed by atoms with Gasteiger partial charge in [0.15, 0.2) is 0 Å². The first-order valence-corrected chi connectivity index (χ1v) is 12.4. The molecular formula is C26H48O4. The van der Waals surface area contributed by atoms with E-state index in [0.717, 1.165) is 6.42 Å². The summed E-state index contributed by atoms with van der Waals surface area (Å²) in [5.74, 6) is -0.0674. The Morgan fingerprint density at radius 1 is 0.733 bits per heavy atom. The van der Waals surface area contributed by atoms with Crippen molar-refractivity contribution in [1.82, 2.24) is 0 Å². The van der Waals surface area contributed by atoms with E-state index >= 15 is 0 Å². The van der Waals surface area contributed by atoms with Gasteiger partial charge in [0.1, 0.15) is 11.2 Å². The highest BCUT2D eigenvalue weighted by atomic mass is 16.6. The monoisotopic (exact) mass is 424 g/mol. The standard InChI is InChI=1S/C26H48O4/c1-25(2,3)29-23(27)19-18-22(24(28)30-26(4,5)6)20-21-16-14-12-10-8-7-9-11-13-15-17-21/h21-22H,7-20H2,1-6H3. The SMILES string of the molecule is CC(C)(C)OC(=O)CCC(CC1CCCCCCCCCCC1)C(=O)OC(C)(C)C. The zero-order valence-corrected chi connectivity index (χ0v) is 20.7. The van der Waals surface area contributed by atoms with Crippen LogP contribution in [0.25, 0.3) is 0 Å². The molecule has 1 fully saturated rings. The van der Waals surface area contributed by atoms with Gasteiger partial charge in [0.25, 0.3) is 0 Å². The summed E-state index contributed by atoms with van der Waals surface area (Å²) >= 11 is 0. The lowest BCUT2D eigenvalue weighted by Gasteiger charge is -2.27. The van der Waals surface area contributed by atoms with Crippen molar-refractivity contribution in [2.45, 2.75) is 143 Å². The van der Waals surface area contributed by atoms with Crippen LogP contribution < -0.4 is 0 Å². The molecule has 1 aliphatic carbocycles. The number of ether oxygens (including phenoxy) is 2. The highest BCUT2D eigenvalue weighted by Gasteiger charge is 2.29. The Bertz CT molecular complexity index is 486. The van der Waals surface area contributed by atoms with E-state index in [1.165, 1.54) is 70.6 Å².